The molecular formula is C25H24ClFN4O2. The van der Waals surface area contributed by atoms with Gasteiger partial charge in [-0.15, -0.1) is 0 Å². The molecule has 6 nitrogen and oxygen atoms in total. The highest BCUT2D eigenvalue weighted by molar-refractivity contribution is 6.33. The van der Waals surface area contributed by atoms with E-state index in [-0.39, 0.29) is 41.5 Å². The van der Waals surface area contributed by atoms with Crippen molar-refractivity contribution in [1.29, 1.82) is 0 Å². The number of carbonyl (C=O) groups is 1. The number of hydrogen-bond acceptors (Lipinski definition) is 6. The first-order valence-electron chi connectivity index (χ1n) is 11.1. The van der Waals surface area contributed by atoms with Crippen LogP contribution in [0.25, 0.3) is 11.3 Å². The molecule has 0 radical (unpaired) electrons. The highest BCUT2D eigenvalue weighted by atomic mass is 35.5. The zero-order valence-corrected chi connectivity index (χ0v) is 19.2. The molecule has 0 saturated heterocycles. The van der Waals surface area contributed by atoms with Gasteiger partial charge in [-0.1, -0.05) is 31.5 Å². The van der Waals surface area contributed by atoms with Crippen LogP contribution in [0.3, 0.4) is 0 Å². The van der Waals surface area contributed by atoms with Crippen molar-refractivity contribution >= 4 is 17.4 Å². The number of aromatic nitrogens is 4. The molecule has 2 bridgehead atoms. The Morgan fingerprint density at radius 3 is 2.85 bits per heavy atom. The van der Waals surface area contributed by atoms with Crippen LogP contribution < -0.4 is 0 Å². The van der Waals surface area contributed by atoms with Gasteiger partial charge >= 0.3 is 0 Å². The molecule has 1 fully saturated rings. The van der Waals surface area contributed by atoms with Crippen molar-refractivity contribution in [2.45, 2.75) is 50.9 Å². The van der Waals surface area contributed by atoms with Crippen LogP contribution >= 0.6 is 11.6 Å². The summed E-state index contributed by atoms with van der Waals surface area (Å²) in [5, 5.41) is 18.3. The van der Waals surface area contributed by atoms with Crippen molar-refractivity contribution in [2.24, 2.45) is 5.41 Å². The van der Waals surface area contributed by atoms with Crippen LogP contribution in [0.1, 0.15) is 73.0 Å². The minimum Gasteiger partial charge on any atom is -0.396 e. The topological polar surface area (TPSA) is 88.9 Å². The zero-order valence-electron chi connectivity index (χ0n) is 18.5. The van der Waals surface area contributed by atoms with Crippen LogP contribution in [0.15, 0.2) is 36.5 Å². The van der Waals surface area contributed by atoms with Gasteiger partial charge in [-0.3, -0.25) is 4.79 Å². The van der Waals surface area contributed by atoms with Gasteiger partial charge < -0.3 is 5.11 Å². The average Bonchev–Trinajstić information content (AvgIpc) is 3.18. The Labute approximate surface area is 196 Å². The first-order valence-corrected chi connectivity index (χ1v) is 11.5. The van der Waals surface area contributed by atoms with E-state index in [1.54, 1.807) is 18.3 Å². The number of nitrogens with zero attached hydrogens (tertiary/aromatic N) is 4. The molecule has 0 spiro atoms. The molecular weight excluding hydrogens is 443 g/mol. The van der Waals surface area contributed by atoms with E-state index in [0.717, 1.165) is 29.8 Å². The molecule has 0 amide bonds. The van der Waals surface area contributed by atoms with E-state index in [0.29, 0.717) is 17.1 Å². The molecule has 33 heavy (non-hydrogen) atoms. The first kappa shape index (κ1) is 22.0. The van der Waals surface area contributed by atoms with Crippen molar-refractivity contribution in [1.82, 2.24) is 20.2 Å². The van der Waals surface area contributed by atoms with Gasteiger partial charge in [0, 0.05) is 19.2 Å². The molecule has 2 heterocycles. The Morgan fingerprint density at radius 1 is 1.27 bits per heavy atom. The van der Waals surface area contributed by atoms with Crippen LogP contribution in [-0.2, 0) is 5.41 Å². The van der Waals surface area contributed by atoms with Crippen LogP contribution in [0.4, 0.5) is 4.39 Å². The van der Waals surface area contributed by atoms with E-state index in [1.165, 1.54) is 6.07 Å². The van der Waals surface area contributed by atoms with Crippen molar-refractivity contribution in [3.63, 3.8) is 0 Å². The maximum Gasteiger partial charge on any atom is 0.200 e. The Hall–Kier alpha value is -2.77. The highest BCUT2D eigenvalue weighted by Crippen LogP contribution is 2.69. The van der Waals surface area contributed by atoms with E-state index in [2.05, 4.69) is 34.0 Å². The van der Waals surface area contributed by atoms with Gasteiger partial charge in [0.2, 0.25) is 0 Å². The fraction of sp³-hybridized carbons (Fsp3) is 0.400. The minimum absolute atomic E-state index is 0.0542. The van der Waals surface area contributed by atoms with Crippen molar-refractivity contribution in [3.8, 4) is 11.3 Å². The van der Waals surface area contributed by atoms with E-state index in [9.17, 15) is 9.18 Å². The molecule has 1 aromatic carbocycles. The summed E-state index contributed by atoms with van der Waals surface area (Å²) in [6.45, 7) is 4.33. The molecule has 3 aromatic rings. The molecule has 170 valence electrons. The van der Waals surface area contributed by atoms with Gasteiger partial charge in [0.25, 0.3) is 0 Å². The maximum atomic E-state index is 14.6. The summed E-state index contributed by atoms with van der Waals surface area (Å²) in [6, 6.07) is 8.34. The van der Waals surface area contributed by atoms with Crippen LogP contribution in [0, 0.1) is 11.2 Å². The molecule has 0 unspecified atom stereocenters. The Bertz CT molecular complexity index is 1240. The van der Waals surface area contributed by atoms with E-state index < -0.39 is 11.2 Å². The zero-order chi connectivity index (χ0) is 23.4. The fourth-order valence-corrected chi connectivity index (χ4v) is 6.10. The lowest BCUT2D eigenvalue weighted by Crippen LogP contribution is -2.38. The second-order valence-corrected chi connectivity index (χ2v) is 9.77. The summed E-state index contributed by atoms with van der Waals surface area (Å²) >= 11 is 6.28. The quantitative estimate of drug-likeness (QED) is 0.520. The number of halogens is 2. The number of ketones is 1. The van der Waals surface area contributed by atoms with Crippen LogP contribution in [0.2, 0.25) is 5.02 Å². The molecule has 2 aliphatic carbocycles. The summed E-state index contributed by atoms with van der Waals surface area (Å²) in [4.78, 5) is 21.4. The molecule has 2 aliphatic rings. The van der Waals surface area contributed by atoms with Crippen molar-refractivity contribution in [2.75, 3.05) is 6.61 Å². The van der Waals surface area contributed by atoms with Crippen molar-refractivity contribution < 1.29 is 14.3 Å². The Balaban J connectivity index is 1.63. The molecule has 1 saturated carbocycles. The maximum absolute atomic E-state index is 14.6. The lowest BCUT2D eigenvalue weighted by atomic mass is 9.66. The molecule has 2 atom stereocenters. The third-order valence-electron chi connectivity index (χ3n) is 7.51. The number of fused-ring (bicyclic) bond motifs is 5. The summed E-state index contributed by atoms with van der Waals surface area (Å²) in [7, 11) is 0. The fourth-order valence-electron chi connectivity index (χ4n) is 5.84. The minimum atomic E-state index is -0.521. The molecule has 0 aliphatic heterocycles. The van der Waals surface area contributed by atoms with E-state index in [4.69, 9.17) is 16.7 Å². The summed E-state index contributed by atoms with van der Waals surface area (Å²) in [5.41, 5.74) is 2.52. The summed E-state index contributed by atoms with van der Waals surface area (Å²) < 4.78 is 14.6. The third kappa shape index (κ3) is 3.13. The van der Waals surface area contributed by atoms with Crippen LogP contribution in [0.5, 0.6) is 0 Å². The lowest BCUT2D eigenvalue weighted by molar-refractivity contribution is 0.0960. The second kappa shape index (κ2) is 7.92. The van der Waals surface area contributed by atoms with E-state index >= 15 is 0 Å². The average molecular weight is 467 g/mol. The Morgan fingerprint density at radius 2 is 2.09 bits per heavy atom. The van der Waals surface area contributed by atoms with Gasteiger partial charge in [-0.05, 0) is 60.4 Å². The number of aliphatic hydroxyl groups is 1. The summed E-state index contributed by atoms with van der Waals surface area (Å²) in [6.07, 6.45) is 3.94. The lowest BCUT2D eigenvalue weighted by Gasteiger charge is -2.37. The normalized spacial score (nSPS) is 22.4. The Kier molecular flexibility index (Phi) is 5.29. The van der Waals surface area contributed by atoms with Gasteiger partial charge in [0.05, 0.1) is 33.1 Å². The second-order valence-electron chi connectivity index (χ2n) is 9.36. The van der Waals surface area contributed by atoms with Crippen LogP contribution in [-0.4, -0.2) is 37.7 Å². The third-order valence-corrected chi connectivity index (χ3v) is 7.82. The predicted octanol–water partition coefficient (Wildman–Crippen LogP) is 4.88. The predicted molar refractivity (Wildman–Crippen MR) is 122 cm³/mol. The number of aliphatic hydroxyl groups excluding tert-OH is 1. The van der Waals surface area contributed by atoms with Gasteiger partial charge in [-0.25, -0.2) is 14.4 Å². The van der Waals surface area contributed by atoms with Crippen molar-refractivity contribution in [3.05, 3.63) is 70.1 Å². The molecule has 1 N–H and O–H groups in total. The highest BCUT2D eigenvalue weighted by Gasteiger charge is 2.65. The summed E-state index contributed by atoms with van der Waals surface area (Å²) in [5.74, 6) is -0.277. The standard InChI is InChI=1S/C25H24ClFN4O2/c1-24(2)15-8-10-25(24,20-9-11-28-23(29-20)19(33)7-4-12-32)22-14(15)13-18(30-31-22)21-16(26)5-3-6-17(21)27/h3,5-6,9,11,13,15,32H,4,7-8,10,12H2,1-2H3/t15-,25-/m0/s1. The van der Waals surface area contributed by atoms with Gasteiger partial charge in [0.1, 0.15) is 5.82 Å². The van der Waals surface area contributed by atoms with Gasteiger partial charge in [0.15, 0.2) is 11.6 Å². The SMILES string of the molecule is CC1(C)[C@H]2CC[C@]1(c1ccnc(C(=O)CCCO)n1)c1nnc(-c3c(F)cccc3Cl)cc12. The largest absolute Gasteiger partial charge is 0.396 e. The number of carbonyl (C=O) groups excluding carboxylic acids is 1. The van der Waals surface area contributed by atoms with Gasteiger partial charge in [-0.2, -0.15) is 10.2 Å². The number of Topliss-reactive ketones (excluding diaryl/α,β-unsaturated/α-hetero) is 1. The monoisotopic (exact) mass is 466 g/mol. The number of benzene rings is 1. The smallest absolute Gasteiger partial charge is 0.200 e. The molecule has 2 aromatic heterocycles. The van der Waals surface area contributed by atoms with E-state index in [1.807, 2.05) is 12.1 Å². The number of rotatable bonds is 6. The first-order chi connectivity index (χ1) is 15.8. The molecule has 8 heteroatoms. The number of hydrogen-bond donors (Lipinski definition) is 1. The molecule has 5 rings (SSSR count).